The largest absolute Gasteiger partial charge is 0.497 e. The number of hydrogen-bond acceptors (Lipinski definition) is 3. The fourth-order valence-corrected chi connectivity index (χ4v) is 2.71. The summed E-state index contributed by atoms with van der Waals surface area (Å²) in [4.78, 5) is 15.1. The van der Waals surface area contributed by atoms with Gasteiger partial charge in [-0.1, -0.05) is 0 Å². The molecule has 5 nitrogen and oxygen atoms in total. The Morgan fingerprint density at radius 3 is 2.52 bits per heavy atom. The third kappa shape index (κ3) is 2.18. The Morgan fingerprint density at radius 2 is 1.84 bits per heavy atom. The number of nitrogens with one attached hydrogen (secondary N) is 1. The number of rotatable bonds is 2. The van der Waals surface area contributed by atoms with Gasteiger partial charge in [-0.2, -0.15) is 9.78 Å². The van der Waals surface area contributed by atoms with Gasteiger partial charge in [0, 0.05) is 11.6 Å². The van der Waals surface area contributed by atoms with Gasteiger partial charge < -0.3 is 9.72 Å². The predicted molar refractivity (Wildman–Crippen MR) is 84.7 cm³/mol. The molecule has 0 bridgehead atoms. The van der Waals surface area contributed by atoms with Crippen LogP contribution in [0.25, 0.3) is 27.8 Å². The van der Waals surface area contributed by atoms with Crippen LogP contribution in [0.4, 0.5) is 13.2 Å². The highest BCUT2D eigenvalue weighted by Crippen LogP contribution is 2.30. The molecule has 2 heterocycles. The quantitative estimate of drug-likeness (QED) is 0.568. The van der Waals surface area contributed by atoms with E-state index in [0.717, 1.165) is 10.7 Å². The first-order chi connectivity index (χ1) is 12.0. The smallest absolute Gasteiger partial charge is 0.282 e. The van der Waals surface area contributed by atoms with Gasteiger partial charge in [-0.05, 0) is 30.3 Å². The van der Waals surface area contributed by atoms with Crippen molar-refractivity contribution >= 4 is 10.9 Å². The number of aromatic nitrogens is 3. The molecule has 0 radical (unpaired) electrons. The SMILES string of the molecule is COc1ccc(-n2nc3c4cc(F)c(F)c(F)c4[nH]cc-3c2=O)cc1. The third-order valence-electron chi connectivity index (χ3n) is 3.97. The summed E-state index contributed by atoms with van der Waals surface area (Å²) < 4.78 is 47.1. The van der Waals surface area contributed by atoms with Crippen molar-refractivity contribution in [2.75, 3.05) is 7.11 Å². The Bertz CT molecular complexity index is 1130. The number of aromatic amines is 1. The number of ether oxygens (including phenoxy) is 1. The Hall–Kier alpha value is -3.29. The maximum Gasteiger partial charge on any atom is 0.282 e. The van der Waals surface area contributed by atoms with Gasteiger partial charge >= 0.3 is 0 Å². The number of fused-ring (bicyclic) bond motifs is 3. The molecule has 0 aromatic heterocycles. The molecule has 126 valence electrons. The number of benzene rings is 2. The average Bonchev–Trinajstić information content (AvgIpc) is 2.97. The molecule has 0 atom stereocenters. The molecule has 0 saturated carbocycles. The second kappa shape index (κ2) is 5.37. The van der Waals surface area contributed by atoms with Gasteiger partial charge in [-0.15, -0.1) is 0 Å². The number of hydrogen-bond donors (Lipinski definition) is 1. The van der Waals surface area contributed by atoms with Crippen LogP contribution < -0.4 is 10.3 Å². The summed E-state index contributed by atoms with van der Waals surface area (Å²) >= 11 is 0. The average molecular weight is 345 g/mol. The fraction of sp³-hybridized carbons (Fsp3) is 0.0588. The van der Waals surface area contributed by atoms with Crippen LogP contribution in [0.3, 0.4) is 0 Å². The zero-order valence-corrected chi connectivity index (χ0v) is 12.8. The predicted octanol–water partition coefficient (Wildman–Crippen LogP) is 3.24. The molecule has 2 aliphatic rings. The van der Waals surface area contributed by atoms with E-state index in [1.165, 1.54) is 13.3 Å². The lowest BCUT2D eigenvalue weighted by atomic mass is 10.1. The minimum absolute atomic E-state index is 0.0155. The highest BCUT2D eigenvalue weighted by Gasteiger charge is 2.23. The van der Waals surface area contributed by atoms with Crippen molar-refractivity contribution in [1.82, 2.24) is 14.8 Å². The summed E-state index contributed by atoms with van der Waals surface area (Å²) in [6.07, 6.45) is 1.23. The van der Waals surface area contributed by atoms with E-state index in [1.54, 1.807) is 24.3 Å². The molecule has 0 fully saturated rings. The van der Waals surface area contributed by atoms with Gasteiger partial charge in [0.2, 0.25) is 0 Å². The lowest BCUT2D eigenvalue weighted by Crippen LogP contribution is -2.14. The van der Waals surface area contributed by atoms with Gasteiger partial charge in [-0.25, -0.2) is 13.2 Å². The third-order valence-corrected chi connectivity index (χ3v) is 3.97. The molecule has 0 amide bonds. The lowest BCUT2D eigenvalue weighted by molar-refractivity contribution is 0.414. The van der Waals surface area contributed by atoms with E-state index >= 15 is 0 Å². The van der Waals surface area contributed by atoms with Crippen LogP contribution in [0.2, 0.25) is 0 Å². The van der Waals surface area contributed by atoms with E-state index in [2.05, 4.69) is 10.1 Å². The molecule has 2 aliphatic heterocycles. The number of pyridine rings is 1. The maximum atomic E-state index is 13.9. The zero-order chi connectivity index (χ0) is 17.7. The van der Waals surface area contributed by atoms with Crippen molar-refractivity contribution in [3.8, 4) is 22.7 Å². The highest BCUT2D eigenvalue weighted by atomic mass is 19.2. The normalized spacial score (nSPS) is 11.4. The molecule has 0 aliphatic carbocycles. The summed E-state index contributed by atoms with van der Waals surface area (Å²) in [5, 5.41) is 4.15. The Labute approximate surface area is 138 Å². The van der Waals surface area contributed by atoms with Gasteiger partial charge in [0.1, 0.15) is 11.4 Å². The van der Waals surface area contributed by atoms with Crippen LogP contribution in [-0.4, -0.2) is 21.9 Å². The summed E-state index contributed by atoms with van der Waals surface area (Å²) in [7, 11) is 1.51. The van der Waals surface area contributed by atoms with Crippen molar-refractivity contribution in [3.05, 3.63) is 64.3 Å². The van der Waals surface area contributed by atoms with Crippen molar-refractivity contribution in [1.29, 1.82) is 0 Å². The van der Waals surface area contributed by atoms with Gasteiger partial charge in [-0.3, -0.25) is 4.79 Å². The van der Waals surface area contributed by atoms with Gasteiger partial charge in [0.05, 0.1) is 23.9 Å². The minimum atomic E-state index is -1.58. The molecule has 25 heavy (non-hydrogen) atoms. The minimum Gasteiger partial charge on any atom is -0.497 e. The van der Waals surface area contributed by atoms with E-state index in [9.17, 15) is 18.0 Å². The summed E-state index contributed by atoms with van der Waals surface area (Å²) in [5.74, 6) is -3.69. The molecule has 8 heteroatoms. The summed E-state index contributed by atoms with van der Waals surface area (Å²) in [5.41, 5.74) is -0.0615. The summed E-state index contributed by atoms with van der Waals surface area (Å²) in [6.45, 7) is 0. The van der Waals surface area contributed by atoms with Crippen LogP contribution in [-0.2, 0) is 0 Å². The standard InChI is InChI=1S/C17H10F3N3O2/c1-25-9-4-2-8(3-5-9)23-17(24)11-7-21-16-10(15(11)22-23)6-12(18)13(19)14(16)20/h2-7,21H,1H3. The molecule has 2 aromatic rings. The van der Waals surface area contributed by atoms with E-state index in [4.69, 9.17) is 4.74 Å². The van der Waals surface area contributed by atoms with Crippen LogP contribution in [0.15, 0.2) is 41.3 Å². The molecule has 0 saturated heterocycles. The van der Waals surface area contributed by atoms with Gasteiger partial charge in [0.15, 0.2) is 17.5 Å². The lowest BCUT2D eigenvalue weighted by Gasteiger charge is -2.05. The van der Waals surface area contributed by atoms with Gasteiger partial charge in [0.25, 0.3) is 5.56 Å². The van der Waals surface area contributed by atoms with Crippen molar-refractivity contribution in [2.24, 2.45) is 0 Å². The van der Waals surface area contributed by atoms with E-state index in [0.29, 0.717) is 11.4 Å². The first kappa shape index (κ1) is 15.3. The van der Waals surface area contributed by atoms with Crippen LogP contribution >= 0.6 is 0 Å². The Kier molecular flexibility index (Phi) is 3.28. The number of halogens is 3. The summed E-state index contributed by atoms with van der Waals surface area (Å²) in [6, 6.07) is 7.37. The molecule has 2 aromatic carbocycles. The molecule has 1 N–H and O–H groups in total. The molecule has 4 rings (SSSR count). The van der Waals surface area contributed by atoms with E-state index in [1.807, 2.05) is 0 Å². The monoisotopic (exact) mass is 345 g/mol. The highest BCUT2D eigenvalue weighted by molar-refractivity contribution is 5.93. The Morgan fingerprint density at radius 1 is 1.12 bits per heavy atom. The van der Waals surface area contributed by atoms with Crippen molar-refractivity contribution in [2.45, 2.75) is 0 Å². The van der Waals surface area contributed by atoms with E-state index in [-0.39, 0.29) is 22.2 Å². The molecule has 0 unspecified atom stereocenters. The van der Waals surface area contributed by atoms with Crippen LogP contribution in [0.1, 0.15) is 0 Å². The topological polar surface area (TPSA) is 59.9 Å². The van der Waals surface area contributed by atoms with E-state index < -0.39 is 23.0 Å². The molecular weight excluding hydrogens is 335 g/mol. The van der Waals surface area contributed by atoms with Crippen molar-refractivity contribution in [3.63, 3.8) is 0 Å². The second-order valence-electron chi connectivity index (χ2n) is 5.37. The number of methoxy groups -OCH3 is 1. The molecule has 0 spiro atoms. The van der Waals surface area contributed by atoms with Crippen LogP contribution in [0, 0.1) is 17.5 Å². The number of nitrogens with zero attached hydrogens (tertiary/aromatic N) is 2. The molecular formula is C17H10F3N3O2. The number of H-pyrrole nitrogens is 1. The van der Waals surface area contributed by atoms with Crippen LogP contribution in [0.5, 0.6) is 5.75 Å². The first-order valence-electron chi connectivity index (χ1n) is 7.23. The first-order valence-corrected chi connectivity index (χ1v) is 7.23. The zero-order valence-electron chi connectivity index (χ0n) is 12.8. The fourth-order valence-electron chi connectivity index (χ4n) is 2.71. The Balaban J connectivity index is 2.02. The second-order valence-corrected chi connectivity index (χ2v) is 5.37. The maximum absolute atomic E-state index is 13.9. The van der Waals surface area contributed by atoms with Crippen molar-refractivity contribution < 1.29 is 17.9 Å².